The molecular weight excluding hydrogens is 184 g/mol. The van der Waals surface area contributed by atoms with Crippen molar-refractivity contribution in [2.75, 3.05) is 7.11 Å². The van der Waals surface area contributed by atoms with Gasteiger partial charge in [-0.3, -0.25) is 0 Å². The van der Waals surface area contributed by atoms with E-state index in [1.54, 1.807) is 30.5 Å². The Bertz CT molecular complexity index is 458. The SMILES string of the molecule is COC(=O)Oc1ccc2occc2c1. The summed E-state index contributed by atoms with van der Waals surface area (Å²) in [6, 6.07) is 6.87. The predicted molar refractivity (Wildman–Crippen MR) is 49.2 cm³/mol. The molecular formula is C10H8O4. The fourth-order valence-electron chi connectivity index (χ4n) is 1.15. The summed E-state index contributed by atoms with van der Waals surface area (Å²) < 4.78 is 14.3. The second-order valence-electron chi connectivity index (χ2n) is 2.68. The van der Waals surface area contributed by atoms with Gasteiger partial charge in [0, 0.05) is 5.39 Å². The Morgan fingerprint density at radius 2 is 2.21 bits per heavy atom. The maximum atomic E-state index is 10.8. The summed E-state index contributed by atoms with van der Waals surface area (Å²) >= 11 is 0. The van der Waals surface area contributed by atoms with Gasteiger partial charge in [0.05, 0.1) is 13.4 Å². The second kappa shape index (κ2) is 3.41. The predicted octanol–water partition coefficient (Wildman–Crippen LogP) is 2.58. The number of fused-ring (bicyclic) bond motifs is 1. The van der Waals surface area contributed by atoms with Crippen LogP contribution in [0.4, 0.5) is 4.79 Å². The Kier molecular flexibility index (Phi) is 2.10. The van der Waals surface area contributed by atoms with Crippen molar-refractivity contribution in [1.82, 2.24) is 0 Å². The maximum Gasteiger partial charge on any atom is 0.513 e. The van der Waals surface area contributed by atoms with Crippen LogP contribution in [0, 0.1) is 0 Å². The van der Waals surface area contributed by atoms with Gasteiger partial charge in [-0.05, 0) is 24.3 Å². The van der Waals surface area contributed by atoms with Crippen molar-refractivity contribution in [3.8, 4) is 5.75 Å². The molecule has 0 radical (unpaired) electrons. The molecule has 0 fully saturated rings. The molecule has 2 rings (SSSR count). The molecule has 1 aromatic heterocycles. The first-order valence-electron chi connectivity index (χ1n) is 4.02. The molecule has 0 saturated heterocycles. The number of carbonyl (C=O) groups excluding carboxylic acids is 1. The number of benzene rings is 1. The third kappa shape index (κ3) is 1.54. The van der Waals surface area contributed by atoms with Crippen molar-refractivity contribution in [2.45, 2.75) is 0 Å². The minimum absolute atomic E-state index is 0.436. The summed E-state index contributed by atoms with van der Waals surface area (Å²) in [7, 11) is 1.26. The van der Waals surface area contributed by atoms with Gasteiger partial charge < -0.3 is 13.9 Å². The van der Waals surface area contributed by atoms with Gasteiger partial charge in [0.25, 0.3) is 0 Å². The van der Waals surface area contributed by atoms with E-state index >= 15 is 0 Å². The highest BCUT2D eigenvalue weighted by atomic mass is 16.7. The Hall–Kier alpha value is -1.97. The molecule has 4 nitrogen and oxygen atoms in total. The topological polar surface area (TPSA) is 48.7 Å². The molecule has 14 heavy (non-hydrogen) atoms. The summed E-state index contributed by atoms with van der Waals surface area (Å²) in [5, 5.41) is 0.881. The third-order valence-electron chi connectivity index (χ3n) is 1.79. The molecule has 0 atom stereocenters. The fourth-order valence-corrected chi connectivity index (χ4v) is 1.15. The van der Waals surface area contributed by atoms with Crippen molar-refractivity contribution in [3.05, 3.63) is 30.5 Å². The van der Waals surface area contributed by atoms with Crippen LogP contribution in [0.3, 0.4) is 0 Å². The standard InChI is InChI=1S/C10H8O4/c1-12-10(11)14-8-2-3-9-7(6-8)4-5-13-9/h2-6H,1H3. The normalized spacial score (nSPS) is 10.1. The Morgan fingerprint density at radius 1 is 1.36 bits per heavy atom. The molecule has 1 heterocycles. The molecule has 4 heteroatoms. The summed E-state index contributed by atoms with van der Waals surface area (Å²) in [5.41, 5.74) is 0.752. The minimum Gasteiger partial charge on any atom is -0.464 e. The first-order valence-corrected chi connectivity index (χ1v) is 4.02. The Morgan fingerprint density at radius 3 is 3.00 bits per heavy atom. The highest BCUT2D eigenvalue weighted by Crippen LogP contribution is 2.21. The van der Waals surface area contributed by atoms with Crippen LogP contribution in [-0.2, 0) is 4.74 Å². The van der Waals surface area contributed by atoms with E-state index in [1.807, 2.05) is 0 Å². The summed E-state index contributed by atoms with van der Waals surface area (Å²) in [6.45, 7) is 0. The zero-order valence-electron chi connectivity index (χ0n) is 7.52. The lowest BCUT2D eigenvalue weighted by Gasteiger charge is -2.01. The smallest absolute Gasteiger partial charge is 0.464 e. The van der Waals surface area contributed by atoms with Crippen LogP contribution >= 0.6 is 0 Å². The number of rotatable bonds is 1. The zero-order chi connectivity index (χ0) is 9.97. The van der Waals surface area contributed by atoms with Crippen LogP contribution in [0.1, 0.15) is 0 Å². The average Bonchev–Trinajstić information content (AvgIpc) is 2.64. The zero-order valence-corrected chi connectivity index (χ0v) is 7.52. The van der Waals surface area contributed by atoms with E-state index in [2.05, 4.69) is 4.74 Å². The molecule has 1 aromatic carbocycles. The molecule has 72 valence electrons. The summed E-state index contributed by atoms with van der Waals surface area (Å²) in [6.07, 6.45) is 0.847. The van der Waals surface area contributed by atoms with Gasteiger partial charge in [-0.25, -0.2) is 4.79 Å². The third-order valence-corrected chi connectivity index (χ3v) is 1.79. The molecule has 0 bridgehead atoms. The molecule has 0 saturated carbocycles. The summed E-state index contributed by atoms with van der Waals surface area (Å²) in [4.78, 5) is 10.8. The lowest BCUT2D eigenvalue weighted by molar-refractivity contribution is 0.121. The van der Waals surface area contributed by atoms with Crippen molar-refractivity contribution < 1.29 is 18.7 Å². The van der Waals surface area contributed by atoms with Crippen LogP contribution in [0.25, 0.3) is 11.0 Å². The van der Waals surface area contributed by atoms with Gasteiger partial charge in [-0.2, -0.15) is 0 Å². The van der Waals surface area contributed by atoms with E-state index in [-0.39, 0.29) is 0 Å². The van der Waals surface area contributed by atoms with Gasteiger partial charge in [0.2, 0.25) is 0 Å². The number of hydrogen-bond acceptors (Lipinski definition) is 4. The first kappa shape index (κ1) is 8.62. The van der Waals surface area contributed by atoms with Gasteiger partial charge >= 0.3 is 6.16 Å². The van der Waals surface area contributed by atoms with Gasteiger partial charge in [-0.15, -0.1) is 0 Å². The van der Waals surface area contributed by atoms with Gasteiger partial charge in [0.1, 0.15) is 11.3 Å². The first-order chi connectivity index (χ1) is 6.79. The van der Waals surface area contributed by atoms with E-state index in [0.29, 0.717) is 5.75 Å². The van der Waals surface area contributed by atoms with E-state index in [4.69, 9.17) is 9.15 Å². The monoisotopic (exact) mass is 192 g/mol. The molecule has 0 aliphatic carbocycles. The lowest BCUT2D eigenvalue weighted by Crippen LogP contribution is -2.06. The second-order valence-corrected chi connectivity index (χ2v) is 2.68. The fraction of sp³-hybridized carbons (Fsp3) is 0.100. The van der Waals surface area contributed by atoms with Crippen LogP contribution in [0.15, 0.2) is 34.9 Å². The summed E-state index contributed by atoms with van der Waals surface area (Å²) in [5.74, 6) is 0.436. The van der Waals surface area contributed by atoms with Gasteiger partial charge in [0.15, 0.2) is 0 Å². The van der Waals surface area contributed by atoms with Crippen molar-refractivity contribution in [3.63, 3.8) is 0 Å². The largest absolute Gasteiger partial charge is 0.513 e. The van der Waals surface area contributed by atoms with E-state index in [9.17, 15) is 4.79 Å². The van der Waals surface area contributed by atoms with Crippen molar-refractivity contribution in [1.29, 1.82) is 0 Å². The lowest BCUT2D eigenvalue weighted by atomic mass is 10.2. The molecule has 0 aliphatic rings. The molecule has 2 aromatic rings. The highest BCUT2D eigenvalue weighted by Gasteiger charge is 2.04. The van der Waals surface area contributed by atoms with Crippen molar-refractivity contribution in [2.24, 2.45) is 0 Å². The molecule has 0 spiro atoms. The van der Waals surface area contributed by atoms with Gasteiger partial charge in [-0.1, -0.05) is 0 Å². The van der Waals surface area contributed by atoms with Crippen LogP contribution in [-0.4, -0.2) is 13.3 Å². The Balaban J connectivity index is 2.30. The molecule has 0 amide bonds. The van der Waals surface area contributed by atoms with Crippen LogP contribution in [0.2, 0.25) is 0 Å². The number of furan rings is 1. The highest BCUT2D eigenvalue weighted by molar-refractivity contribution is 5.79. The quantitative estimate of drug-likeness (QED) is 0.514. The number of ether oxygens (including phenoxy) is 2. The van der Waals surface area contributed by atoms with E-state index in [0.717, 1.165) is 11.0 Å². The number of methoxy groups -OCH3 is 1. The number of hydrogen-bond donors (Lipinski definition) is 0. The van der Waals surface area contributed by atoms with Crippen LogP contribution in [0.5, 0.6) is 5.75 Å². The van der Waals surface area contributed by atoms with Crippen LogP contribution < -0.4 is 4.74 Å². The minimum atomic E-state index is -0.729. The van der Waals surface area contributed by atoms with E-state index < -0.39 is 6.16 Å². The average molecular weight is 192 g/mol. The molecule has 0 N–H and O–H groups in total. The maximum absolute atomic E-state index is 10.8. The van der Waals surface area contributed by atoms with Crippen molar-refractivity contribution >= 4 is 17.1 Å². The van der Waals surface area contributed by atoms with E-state index in [1.165, 1.54) is 7.11 Å². The molecule has 0 unspecified atom stereocenters. The number of carbonyl (C=O) groups is 1. The Labute approximate surface area is 80.0 Å². The molecule has 0 aliphatic heterocycles.